The third-order valence-corrected chi connectivity index (χ3v) is 4.02. The summed E-state index contributed by atoms with van der Waals surface area (Å²) in [6.07, 6.45) is 5.20. The molecule has 0 spiro atoms. The van der Waals surface area contributed by atoms with Crippen molar-refractivity contribution in [3.8, 4) is 0 Å². The fourth-order valence-corrected chi connectivity index (χ4v) is 2.78. The van der Waals surface area contributed by atoms with Crippen molar-refractivity contribution in [1.82, 2.24) is 29.9 Å². The highest BCUT2D eigenvalue weighted by atomic mass is 16.5. The molecular weight excluding hydrogens is 294 g/mol. The van der Waals surface area contributed by atoms with E-state index in [1.807, 2.05) is 16.8 Å². The van der Waals surface area contributed by atoms with E-state index in [4.69, 9.17) is 4.74 Å². The molecule has 3 rings (SSSR count). The van der Waals surface area contributed by atoms with Gasteiger partial charge >= 0.3 is 0 Å². The quantitative estimate of drug-likeness (QED) is 0.727. The molecule has 0 aromatic carbocycles. The largest absolute Gasteiger partial charge is 0.374 e. The first-order valence-electron chi connectivity index (χ1n) is 8.04. The van der Waals surface area contributed by atoms with Crippen molar-refractivity contribution < 1.29 is 4.74 Å². The van der Waals surface area contributed by atoms with Crippen LogP contribution in [0.2, 0.25) is 0 Å². The van der Waals surface area contributed by atoms with Gasteiger partial charge in [-0.3, -0.25) is 9.58 Å². The van der Waals surface area contributed by atoms with E-state index < -0.39 is 0 Å². The van der Waals surface area contributed by atoms with Gasteiger partial charge in [-0.25, -0.2) is 4.98 Å². The second kappa shape index (κ2) is 7.98. The van der Waals surface area contributed by atoms with Gasteiger partial charge in [-0.1, -0.05) is 0 Å². The molecule has 3 heterocycles. The normalized spacial score (nSPS) is 18.9. The first-order valence-corrected chi connectivity index (χ1v) is 8.04. The van der Waals surface area contributed by atoms with E-state index in [0.717, 1.165) is 51.7 Å². The number of aromatic nitrogens is 5. The number of likely N-dealkylation sites (N-methyl/N-ethyl adjacent to an activating group) is 1. The monoisotopic (exact) mass is 317 g/mol. The Morgan fingerprint density at radius 1 is 1.39 bits per heavy atom. The number of ether oxygens (including phenoxy) is 1. The van der Waals surface area contributed by atoms with E-state index in [0.29, 0.717) is 0 Å². The highest BCUT2D eigenvalue weighted by Crippen LogP contribution is 2.12. The van der Waals surface area contributed by atoms with Crippen molar-refractivity contribution in [1.29, 1.82) is 0 Å². The molecule has 1 fully saturated rings. The molecule has 23 heavy (non-hydrogen) atoms. The summed E-state index contributed by atoms with van der Waals surface area (Å²) in [4.78, 5) is 8.60. The second-order valence-corrected chi connectivity index (χ2v) is 5.57. The molecule has 0 radical (unpaired) electrons. The zero-order chi connectivity index (χ0) is 15.9. The lowest BCUT2D eigenvalue weighted by Crippen LogP contribution is -2.48. The van der Waals surface area contributed by atoms with Crippen LogP contribution >= 0.6 is 0 Å². The lowest BCUT2D eigenvalue weighted by molar-refractivity contribution is -0.0250. The van der Waals surface area contributed by atoms with Crippen molar-refractivity contribution in [3.05, 3.63) is 31.0 Å². The SMILES string of the molecule is CCN(C[C@H]1CN(CCn2cncn2)CCO1)c1cccnn1. The Morgan fingerprint density at radius 2 is 2.35 bits per heavy atom. The molecule has 0 bridgehead atoms. The van der Waals surface area contributed by atoms with E-state index in [1.165, 1.54) is 0 Å². The van der Waals surface area contributed by atoms with Gasteiger partial charge < -0.3 is 9.64 Å². The third kappa shape index (κ3) is 4.46. The minimum Gasteiger partial charge on any atom is -0.374 e. The van der Waals surface area contributed by atoms with Gasteiger partial charge in [-0.15, -0.1) is 5.10 Å². The van der Waals surface area contributed by atoms with Crippen LogP contribution in [-0.2, 0) is 11.3 Å². The van der Waals surface area contributed by atoms with E-state index in [-0.39, 0.29) is 6.10 Å². The van der Waals surface area contributed by atoms with Gasteiger partial charge in [0.05, 0.1) is 19.3 Å². The Balaban J connectivity index is 1.51. The van der Waals surface area contributed by atoms with Crippen LogP contribution in [0.25, 0.3) is 0 Å². The summed E-state index contributed by atoms with van der Waals surface area (Å²) in [6.45, 7) is 8.30. The van der Waals surface area contributed by atoms with Crippen LogP contribution in [-0.4, -0.2) is 75.3 Å². The summed E-state index contributed by atoms with van der Waals surface area (Å²) in [5.74, 6) is 0.901. The fraction of sp³-hybridized carbons (Fsp3) is 0.600. The van der Waals surface area contributed by atoms with Gasteiger partial charge in [0.15, 0.2) is 5.82 Å². The van der Waals surface area contributed by atoms with Crippen LogP contribution in [0.3, 0.4) is 0 Å². The molecule has 2 aromatic rings. The predicted molar refractivity (Wildman–Crippen MR) is 86.1 cm³/mol. The number of anilines is 1. The standard InChI is InChI=1S/C15H23N7O/c1-2-21(15-4-3-5-17-19-15)11-14-10-20(8-9-23-14)6-7-22-13-16-12-18-22/h3-5,12-14H,2,6-11H2,1H3/t14-/m1/s1. The first-order chi connectivity index (χ1) is 11.3. The van der Waals surface area contributed by atoms with Crippen molar-refractivity contribution in [2.75, 3.05) is 44.2 Å². The molecule has 0 saturated carbocycles. The number of hydrogen-bond donors (Lipinski definition) is 0. The molecule has 8 heteroatoms. The highest BCUT2D eigenvalue weighted by Gasteiger charge is 2.22. The minimum absolute atomic E-state index is 0.182. The summed E-state index contributed by atoms with van der Waals surface area (Å²) >= 11 is 0. The first kappa shape index (κ1) is 15.8. The highest BCUT2D eigenvalue weighted by molar-refractivity contribution is 5.36. The molecule has 1 aliphatic rings. The molecule has 2 aromatic heterocycles. The molecule has 1 aliphatic heterocycles. The van der Waals surface area contributed by atoms with Crippen molar-refractivity contribution in [2.24, 2.45) is 0 Å². The van der Waals surface area contributed by atoms with E-state index >= 15 is 0 Å². The van der Waals surface area contributed by atoms with E-state index in [2.05, 4.69) is 37.0 Å². The maximum absolute atomic E-state index is 5.93. The Morgan fingerprint density at radius 3 is 3.09 bits per heavy atom. The zero-order valence-electron chi connectivity index (χ0n) is 13.5. The van der Waals surface area contributed by atoms with Gasteiger partial charge in [-0.2, -0.15) is 10.2 Å². The fourth-order valence-electron chi connectivity index (χ4n) is 2.78. The van der Waals surface area contributed by atoms with Crippen LogP contribution in [0.1, 0.15) is 6.92 Å². The third-order valence-electron chi connectivity index (χ3n) is 4.02. The van der Waals surface area contributed by atoms with Gasteiger partial charge in [0.1, 0.15) is 12.7 Å². The lowest BCUT2D eigenvalue weighted by Gasteiger charge is -2.35. The topological polar surface area (TPSA) is 72.2 Å². The average Bonchev–Trinajstić information content (AvgIpc) is 3.12. The number of rotatable bonds is 7. The zero-order valence-corrected chi connectivity index (χ0v) is 13.5. The second-order valence-electron chi connectivity index (χ2n) is 5.57. The molecule has 0 amide bonds. The summed E-state index contributed by atoms with van der Waals surface area (Å²) in [6, 6.07) is 3.90. The van der Waals surface area contributed by atoms with Crippen molar-refractivity contribution >= 4 is 5.82 Å². The van der Waals surface area contributed by atoms with Gasteiger partial charge in [0.2, 0.25) is 0 Å². The van der Waals surface area contributed by atoms with Crippen LogP contribution in [0, 0.1) is 0 Å². The number of morpholine rings is 1. The Kier molecular flexibility index (Phi) is 5.49. The minimum atomic E-state index is 0.182. The number of nitrogens with zero attached hydrogens (tertiary/aromatic N) is 7. The Labute approximate surface area is 136 Å². The summed E-state index contributed by atoms with van der Waals surface area (Å²) < 4.78 is 7.80. The summed E-state index contributed by atoms with van der Waals surface area (Å²) in [5, 5.41) is 12.3. The molecule has 0 unspecified atom stereocenters. The molecule has 124 valence electrons. The maximum atomic E-state index is 5.93. The van der Waals surface area contributed by atoms with Crippen LogP contribution in [0.15, 0.2) is 31.0 Å². The summed E-state index contributed by atoms with van der Waals surface area (Å²) in [7, 11) is 0. The molecular formula is C15H23N7O. The average molecular weight is 317 g/mol. The van der Waals surface area contributed by atoms with Crippen molar-refractivity contribution in [3.63, 3.8) is 0 Å². The molecule has 8 nitrogen and oxygen atoms in total. The predicted octanol–water partition coefficient (Wildman–Crippen LogP) is 0.295. The Bertz CT molecular complexity index is 562. The van der Waals surface area contributed by atoms with Crippen molar-refractivity contribution in [2.45, 2.75) is 19.6 Å². The lowest BCUT2D eigenvalue weighted by atomic mass is 10.2. The number of hydrogen-bond acceptors (Lipinski definition) is 7. The van der Waals surface area contributed by atoms with Gasteiger partial charge in [-0.05, 0) is 19.1 Å². The smallest absolute Gasteiger partial charge is 0.151 e. The van der Waals surface area contributed by atoms with Crippen LogP contribution < -0.4 is 4.90 Å². The van der Waals surface area contributed by atoms with E-state index in [9.17, 15) is 0 Å². The summed E-state index contributed by atoms with van der Waals surface area (Å²) in [5.41, 5.74) is 0. The van der Waals surface area contributed by atoms with Crippen LogP contribution in [0.5, 0.6) is 0 Å². The van der Waals surface area contributed by atoms with Gasteiger partial charge in [0, 0.05) is 38.9 Å². The Hall–Kier alpha value is -2.06. The molecule has 0 N–H and O–H groups in total. The van der Waals surface area contributed by atoms with Crippen LogP contribution in [0.4, 0.5) is 5.82 Å². The van der Waals surface area contributed by atoms with Gasteiger partial charge in [0.25, 0.3) is 0 Å². The molecule has 1 atom stereocenters. The van der Waals surface area contributed by atoms with E-state index in [1.54, 1.807) is 18.9 Å². The molecule has 1 saturated heterocycles. The molecule has 0 aliphatic carbocycles. The maximum Gasteiger partial charge on any atom is 0.151 e.